The number of likely N-dealkylation sites (N-methyl/N-ethyl adjacent to an activating group) is 1. The lowest BCUT2D eigenvalue weighted by Crippen LogP contribution is -2.33. The summed E-state index contributed by atoms with van der Waals surface area (Å²) in [5, 5.41) is 0. The lowest BCUT2D eigenvalue weighted by Gasteiger charge is -2.36. The molecule has 0 saturated heterocycles. The summed E-state index contributed by atoms with van der Waals surface area (Å²) >= 11 is 0. The maximum absolute atomic E-state index is 2.62. The van der Waals surface area contributed by atoms with Gasteiger partial charge in [0.1, 0.15) is 0 Å². The van der Waals surface area contributed by atoms with Crippen molar-refractivity contribution in [3.63, 3.8) is 0 Å². The van der Waals surface area contributed by atoms with Crippen LogP contribution < -0.4 is 4.90 Å². The zero-order chi connectivity index (χ0) is 16.8. The minimum absolute atomic E-state index is 0.740. The molecular formula is C24H31N. The molecule has 0 N–H and O–H groups in total. The number of allylic oxidation sites excluding steroid dienone is 4. The van der Waals surface area contributed by atoms with Gasteiger partial charge >= 0.3 is 0 Å². The first-order valence-corrected chi connectivity index (χ1v) is 10.5. The molecule has 0 bridgehead atoms. The first-order chi connectivity index (χ1) is 12.3. The van der Waals surface area contributed by atoms with E-state index >= 15 is 0 Å². The number of hydrogen-bond donors (Lipinski definition) is 0. The maximum Gasteiger partial charge on any atom is 0.0402 e. The van der Waals surface area contributed by atoms with Crippen molar-refractivity contribution in [1.29, 1.82) is 0 Å². The van der Waals surface area contributed by atoms with Gasteiger partial charge < -0.3 is 4.90 Å². The molecule has 0 radical (unpaired) electrons. The van der Waals surface area contributed by atoms with E-state index in [4.69, 9.17) is 0 Å². The quantitative estimate of drug-likeness (QED) is 0.568. The van der Waals surface area contributed by atoms with Crippen molar-refractivity contribution in [3.8, 4) is 0 Å². The Hall–Kier alpha value is -1.50. The van der Waals surface area contributed by atoms with Crippen LogP contribution in [0.1, 0.15) is 56.4 Å². The number of anilines is 1. The fourth-order valence-electron chi connectivity index (χ4n) is 6.45. The predicted molar refractivity (Wildman–Crippen MR) is 106 cm³/mol. The lowest BCUT2D eigenvalue weighted by atomic mass is 9.71. The number of fused-ring (bicyclic) bond motifs is 5. The molecule has 4 unspecified atom stereocenters. The summed E-state index contributed by atoms with van der Waals surface area (Å²) in [5.41, 5.74) is 3.13. The van der Waals surface area contributed by atoms with E-state index in [1.807, 2.05) is 0 Å². The minimum Gasteiger partial charge on any atom is -0.371 e. The highest BCUT2D eigenvalue weighted by molar-refractivity contribution is 5.61. The van der Waals surface area contributed by atoms with Crippen LogP contribution in [0.2, 0.25) is 0 Å². The fraction of sp³-hybridized carbons (Fsp3) is 0.583. The molecule has 25 heavy (non-hydrogen) atoms. The summed E-state index contributed by atoms with van der Waals surface area (Å²) in [5.74, 6) is 4.30. The van der Waals surface area contributed by atoms with Gasteiger partial charge in [0.05, 0.1) is 0 Å². The van der Waals surface area contributed by atoms with E-state index in [-0.39, 0.29) is 0 Å². The van der Waals surface area contributed by atoms with Gasteiger partial charge in [0.2, 0.25) is 0 Å². The van der Waals surface area contributed by atoms with E-state index in [2.05, 4.69) is 60.5 Å². The normalized spacial score (nSPS) is 39.5. The molecule has 1 aliphatic heterocycles. The summed E-state index contributed by atoms with van der Waals surface area (Å²) in [6.45, 7) is 0. The second kappa shape index (κ2) is 6.34. The Kier molecular flexibility index (Phi) is 3.99. The van der Waals surface area contributed by atoms with Crippen LogP contribution in [0.25, 0.3) is 0 Å². The van der Waals surface area contributed by atoms with Crippen molar-refractivity contribution in [2.75, 3.05) is 11.9 Å². The topological polar surface area (TPSA) is 3.24 Å². The second-order valence-corrected chi connectivity index (χ2v) is 8.93. The van der Waals surface area contributed by atoms with Crippen molar-refractivity contribution in [2.45, 2.75) is 56.9 Å². The monoisotopic (exact) mass is 333 g/mol. The largest absolute Gasteiger partial charge is 0.371 e. The van der Waals surface area contributed by atoms with Gasteiger partial charge in [0.25, 0.3) is 0 Å². The molecule has 0 aromatic heterocycles. The molecule has 2 fully saturated rings. The van der Waals surface area contributed by atoms with E-state index in [9.17, 15) is 0 Å². The van der Waals surface area contributed by atoms with E-state index in [0.29, 0.717) is 0 Å². The van der Waals surface area contributed by atoms with Gasteiger partial charge in [0, 0.05) is 24.7 Å². The van der Waals surface area contributed by atoms with Crippen molar-refractivity contribution in [3.05, 3.63) is 54.1 Å². The Balaban J connectivity index is 1.39. The van der Waals surface area contributed by atoms with Crippen LogP contribution in [0.3, 0.4) is 0 Å². The molecule has 6 atom stereocenters. The fourth-order valence-corrected chi connectivity index (χ4v) is 6.45. The third kappa shape index (κ3) is 2.67. The Labute approximate surface area is 152 Å². The zero-order valence-corrected chi connectivity index (χ0v) is 15.5. The molecule has 5 rings (SSSR count). The molecule has 1 nitrogen and oxygen atoms in total. The molecular weight excluding hydrogens is 302 g/mol. The summed E-state index contributed by atoms with van der Waals surface area (Å²) in [4.78, 5) is 2.62. The predicted octanol–water partition coefficient (Wildman–Crippen LogP) is 5.94. The molecule has 2 saturated carbocycles. The lowest BCUT2D eigenvalue weighted by molar-refractivity contribution is 0.205. The molecule has 4 aliphatic rings. The SMILES string of the molecule is CN1c2ccccc2C2CC[C@@H]3CCC4C=CC=C[C@@H]4CCC3CC21. The average molecular weight is 334 g/mol. The molecule has 1 aromatic rings. The van der Waals surface area contributed by atoms with E-state index in [0.717, 1.165) is 35.6 Å². The van der Waals surface area contributed by atoms with Crippen molar-refractivity contribution in [2.24, 2.45) is 23.7 Å². The first-order valence-electron chi connectivity index (χ1n) is 10.5. The van der Waals surface area contributed by atoms with Crippen LogP contribution in [0.5, 0.6) is 0 Å². The van der Waals surface area contributed by atoms with Crippen molar-refractivity contribution in [1.82, 2.24) is 0 Å². The van der Waals surface area contributed by atoms with Crippen LogP contribution in [-0.2, 0) is 0 Å². The highest BCUT2D eigenvalue weighted by Crippen LogP contribution is 2.51. The van der Waals surface area contributed by atoms with Gasteiger partial charge in [-0.1, -0.05) is 42.5 Å². The van der Waals surface area contributed by atoms with Crippen LogP contribution in [-0.4, -0.2) is 13.1 Å². The van der Waals surface area contributed by atoms with Crippen LogP contribution in [0.4, 0.5) is 5.69 Å². The molecule has 1 heteroatoms. The number of benzene rings is 1. The molecule has 3 aliphatic carbocycles. The molecule has 1 aromatic carbocycles. The molecule has 0 spiro atoms. The summed E-state index contributed by atoms with van der Waals surface area (Å²) < 4.78 is 0. The highest BCUT2D eigenvalue weighted by atomic mass is 15.2. The maximum atomic E-state index is 2.62. The summed E-state index contributed by atoms with van der Waals surface area (Å²) in [6, 6.07) is 9.93. The van der Waals surface area contributed by atoms with E-state index in [1.165, 1.54) is 50.6 Å². The van der Waals surface area contributed by atoms with E-state index < -0.39 is 0 Å². The summed E-state index contributed by atoms with van der Waals surface area (Å²) in [6.07, 6.45) is 19.5. The smallest absolute Gasteiger partial charge is 0.0402 e. The van der Waals surface area contributed by atoms with Gasteiger partial charge in [-0.25, -0.2) is 0 Å². The third-order valence-corrected chi connectivity index (χ3v) is 7.86. The van der Waals surface area contributed by atoms with Crippen LogP contribution in [0, 0.1) is 23.7 Å². The van der Waals surface area contributed by atoms with Gasteiger partial charge in [-0.15, -0.1) is 0 Å². The number of para-hydroxylation sites is 1. The Bertz CT molecular complexity index is 687. The molecule has 1 heterocycles. The number of nitrogens with zero attached hydrogens (tertiary/aromatic N) is 1. The van der Waals surface area contributed by atoms with Crippen molar-refractivity contribution >= 4 is 5.69 Å². The number of hydrogen-bond acceptors (Lipinski definition) is 1. The zero-order valence-electron chi connectivity index (χ0n) is 15.5. The minimum atomic E-state index is 0.740. The Morgan fingerprint density at radius 2 is 1.48 bits per heavy atom. The van der Waals surface area contributed by atoms with E-state index in [1.54, 1.807) is 5.56 Å². The standard InChI is InChI=1S/C24H31N/c1-25-23-9-5-4-8-21(23)22-15-14-19-11-10-17-6-2-3-7-18(17)12-13-20(19)16-24(22)25/h2-9,17-20,22,24H,10-16H2,1H3/t17?,18-,19+,20?,22?,24?/m1/s1. The van der Waals surface area contributed by atoms with Gasteiger partial charge in [-0.3, -0.25) is 0 Å². The van der Waals surface area contributed by atoms with Gasteiger partial charge in [0.15, 0.2) is 0 Å². The Morgan fingerprint density at radius 1 is 0.800 bits per heavy atom. The second-order valence-electron chi connectivity index (χ2n) is 8.93. The summed E-state index contributed by atoms with van der Waals surface area (Å²) in [7, 11) is 2.34. The van der Waals surface area contributed by atoms with Gasteiger partial charge in [-0.05, 0) is 80.2 Å². The number of rotatable bonds is 0. The van der Waals surface area contributed by atoms with Gasteiger partial charge in [-0.2, -0.15) is 0 Å². The average Bonchev–Trinajstić information content (AvgIpc) is 2.78. The first kappa shape index (κ1) is 15.7. The highest BCUT2D eigenvalue weighted by Gasteiger charge is 2.42. The molecule has 132 valence electrons. The van der Waals surface area contributed by atoms with Crippen molar-refractivity contribution < 1.29 is 0 Å². The van der Waals surface area contributed by atoms with Crippen LogP contribution >= 0.6 is 0 Å². The molecule has 0 amide bonds. The third-order valence-electron chi connectivity index (χ3n) is 7.86. The van der Waals surface area contributed by atoms with Crippen LogP contribution in [0.15, 0.2) is 48.6 Å². The Morgan fingerprint density at radius 3 is 2.28 bits per heavy atom.